The van der Waals surface area contributed by atoms with Gasteiger partial charge in [0.15, 0.2) is 0 Å². The van der Waals surface area contributed by atoms with Gasteiger partial charge in [-0.25, -0.2) is 0 Å². The van der Waals surface area contributed by atoms with E-state index in [1.165, 1.54) is 32.2 Å². The highest BCUT2D eigenvalue weighted by Crippen LogP contribution is 2.29. The molecule has 3 nitrogen and oxygen atoms in total. The highest BCUT2D eigenvalue weighted by molar-refractivity contribution is 4.95. The Hall–Kier alpha value is -0.120. The van der Waals surface area contributed by atoms with Gasteiger partial charge in [0.25, 0.3) is 0 Å². The van der Waals surface area contributed by atoms with Crippen molar-refractivity contribution in [3.63, 3.8) is 0 Å². The van der Waals surface area contributed by atoms with E-state index >= 15 is 0 Å². The van der Waals surface area contributed by atoms with Crippen molar-refractivity contribution in [2.45, 2.75) is 50.2 Å². The van der Waals surface area contributed by atoms with Crippen LogP contribution in [0, 0.1) is 0 Å². The van der Waals surface area contributed by atoms with E-state index in [0.717, 1.165) is 31.2 Å². The summed E-state index contributed by atoms with van der Waals surface area (Å²) in [5, 5.41) is 3.69. The average molecular weight is 212 g/mol. The molecular formula is C12H24N2O. The molecule has 0 aromatic rings. The molecule has 3 heteroatoms. The Morgan fingerprint density at radius 3 is 2.53 bits per heavy atom. The van der Waals surface area contributed by atoms with Crippen LogP contribution < -0.4 is 5.32 Å². The molecular weight excluding hydrogens is 188 g/mol. The van der Waals surface area contributed by atoms with Crippen molar-refractivity contribution in [2.24, 2.45) is 0 Å². The Bertz CT molecular complexity index is 186. The molecule has 15 heavy (non-hydrogen) atoms. The largest absolute Gasteiger partial charge is 0.385 e. The maximum atomic E-state index is 5.10. The van der Waals surface area contributed by atoms with Gasteiger partial charge in [-0.1, -0.05) is 0 Å². The molecule has 2 saturated heterocycles. The third-order valence-electron chi connectivity index (χ3n) is 3.93. The second kappa shape index (κ2) is 5.28. The van der Waals surface area contributed by atoms with Crippen molar-refractivity contribution < 1.29 is 4.74 Å². The van der Waals surface area contributed by atoms with Crippen LogP contribution in [0.2, 0.25) is 0 Å². The summed E-state index contributed by atoms with van der Waals surface area (Å²) < 4.78 is 5.10. The molecule has 2 aliphatic rings. The zero-order chi connectivity index (χ0) is 10.7. The van der Waals surface area contributed by atoms with Gasteiger partial charge in [-0.15, -0.1) is 0 Å². The maximum absolute atomic E-state index is 5.10. The van der Waals surface area contributed by atoms with Crippen LogP contribution in [0.1, 0.15) is 32.1 Å². The van der Waals surface area contributed by atoms with Crippen LogP contribution in [0.5, 0.6) is 0 Å². The first-order valence-electron chi connectivity index (χ1n) is 6.25. The van der Waals surface area contributed by atoms with Crippen molar-refractivity contribution in [3.05, 3.63) is 0 Å². The highest BCUT2D eigenvalue weighted by Gasteiger charge is 2.34. The molecule has 2 bridgehead atoms. The molecule has 0 saturated carbocycles. The Morgan fingerprint density at radius 2 is 1.93 bits per heavy atom. The Labute approximate surface area is 93.2 Å². The highest BCUT2D eigenvalue weighted by atomic mass is 16.5. The maximum Gasteiger partial charge on any atom is 0.0474 e. The third kappa shape index (κ3) is 2.92. The molecule has 0 aromatic heterocycles. The van der Waals surface area contributed by atoms with Gasteiger partial charge in [0.2, 0.25) is 0 Å². The first-order chi connectivity index (χ1) is 7.29. The second-order valence-corrected chi connectivity index (χ2v) is 5.09. The number of ether oxygens (including phenoxy) is 1. The Balaban J connectivity index is 1.73. The van der Waals surface area contributed by atoms with Gasteiger partial charge in [0, 0.05) is 38.4 Å². The van der Waals surface area contributed by atoms with Gasteiger partial charge in [-0.2, -0.15) is 0 Å². The first kappa shape index (κ1) is 11.4. The van der Waals surface area contributed by atoms with E-state index in [2.05, 4.69) is 17.3 Å². The van der Waals surface area contributed by atoms with E-state index in [0.29, 0.717) is 0 Å². The van der Waals surface area contributed by atoms with Crippen LogP contribution in [-0.4, -0.2) is 50.3 Å². The SMILES string of the molecule is COCCCN(C)C1CC2CCC(C1)N2. The fourth-order valence-electron chi connectivity index (χ4n) is 3.03. The number of hydrogen-bond acceptors (Lipinski definition) is 3. The predicted octanol–water partition coefficient (Wildman–Crippen LogP) is 1.24. The minimum atomic E-state index is 0.804. The molecule has 0 aromatic carbocycles. The van der Waals surface area contributed by atoms with Gasteiger partial charge in [0.1, 0.15) is 0 Å². The van der Waals surface area contributed by atoms with E-state index in [-0.39, 0.29) is 0 Å². The molecule has 2 aliphatic heterocycles. The number of nitrogens with zero attached hydrogens (tertiary/aromatic N) is 1. The Morgan fingerprint density at radius 1 is 1.27 bits per heavy atom. The number of nitrogens with one attached hydrogen (secondary N) is 1. The van der Waals surface area contributed by atoms with Crippen molar-refractivity contribution in [1.29, 1.82) is 0 Å². The second-order valence-electron chi connectivity index (χ2n) is 5.09. The molecule has 2 rings (SSSR count). The molecule has 0 aliphatic carbocycles. The number of methoxy groups -OCH3 is 1. The number of rotatable bonds is 5. The van der Waals surface area contributed by atoms with Crippen LogP contribution in [0.25, 0.3) is 0 Å². The topological polar surface area (TPSA) is 24.5 Å². The molecule has 2 unspecified atom stereocenters. The van der Waals surface area contributed by atoms with E-state index in [9.17, 15) is 0 Å². The molecule has 0 amide bonds. The molecule has 0 spiro atoms. The molecule has 0 radical (unpaired) electrons. The van der Waals surface area contributed by atoms with Crippen molar-refractivity contribution in [1.82, 2.24) is 10.2 Å². The lowest BCUT2D eigenvalue weighted by atomic mass is 9.98. The van der Waals surface area contributed by atoms with Crippen molar-refractivity contribution >= 4 is 0 Å². The van der Waals surface area contributed by atoms with Crippen molar-refractivity contribution in [2.75, 3.05) is 27.3 Å². The summed E-state index contributed by atoms with van der Waals surface area (Å²) in [5.41, 5.74) is 0. The van der Waals surface area contributed by atoms with E-state index < -0.39 is 0 Å². The Kier molecular flexibility index (Phi) is 4.00. The quantitative estimate of drug-likeness (QED) is 0.694. The summed E-state index contributed by atoms with van der Waals surface area (Å²) in [6, 6.07) is 2.41. The monoisotopic (exact) mass is 212 g/mol. The lowest BCUT2D eigenvalue weighted by Gasteiger charge is -2.35. The summed E-state index contributed by atoms with van der Waals surface area (Å²) >= 11 is 0. The lowest BCUT2D eigenvalue weighted by molar-refractivity contribution is 0.141. The zero-order valence-electron chi connectivity index (χ0n) is 10.0. The lowest BCUT2D eigenvalue weighted by Crippen LogP contribution is -2.47. The number of fused-ring (bicyclic) bond motifs is 2. The molecule has 2 atom stereocenters. The fraction of sp³-hybridized carbons (Fsp3) is 1.00. The predicted molar refractivity (Wildman–Crippen MR) is 62.1 cm³/mol. The summed E-state index contributed by atoms with van der Waals surface area (Å²) in [7, 11) is 4.05. The molecule has 2 heterocycles. The smallest absolute Gasteiger partial charge is 0.0474 e. The van der Waals surface area contributed by atoms with Crippen molar-refractivity contribution in [3.8, 4) is 0 Å². The number of piperidine rings is 1. The van der Waals surface area contributed by atoms with Crippen LogP contribution in [0.3, 0.4) is 0 Å². The van der Waals surface area contributed by atoms with Crippen LogP contribution in [0.15, 0.2) is 0 Å². The van der Waals surface area contributed by atoms with E-state index in [1.54, 1.807) is 7.11 Å². The standard InChI is InChI=1S/C12H24N2O/c1-14(6-3-7-15-2)12-8-10-4-5-11(9-12)13-10/h10-13H,3-9H2,1-2H3. The summed E-state index contributed by atoms with van der Waals surface area (Å²) in [5.74, 6) is 0. The van der Waals surface area contributed by atoms with Crippen LogP contribution in [0.4, 0.5) is 0 Å². The van der Waals surface area contributed by atoms with Gasteiger partial charge in [0.05, 0.1) is 0 Å². The van der Waals surface area contributed by atoms with Gasteiger partial charge in [-0.05, 0) is 39.2 Å². The number of hydrogen-bond donors (Lipinski definition) is 1. The molecule has 88 valence electrons. The normalized spacial score (nSPS) is 35.0. The molecule has 2 fully saturated rings. The molecule has 1 N–H and O–H groups in total. The average Bonchev–Trinajstić information content (AvgIpc) is 2.58. The third-order valence-corrected chi connectivity index (χ3v) is 3.93. The summed E-state index contributed by atoms with van der Waals surface area (Å²) in [6.45, 7) is 2.07. The van der Waals surface area contributed by atoms with E-state index in [4.69, 9.17) is 4.74 Å². The van der Waals surface area contributed by atoms with Crippen LogP contribution in [-0.2, 0) is 4.74 Å². The van der Waals surface area contributed by atoms with Gasteiger partial charge < -0.3 is 15.0 Å². The van der Waals surface area contributed by atoms with E-state index in [1.807, 2.05) is 0 Å². The van der Waals surface area contributed by atoms with Gasteiger partial charge in [-0.3, -0.25) is 0 Å². The minimum absolute atomic E-state index is 0.804. The minimum Gasteiger partial charge on any atom is -0.385 e. The zero-order valence-corrected chi connectivity index (χ0v) is 10.0. The fourth-order valence-corrected chi connectivity index (χ4v) is 3.03. The summed E-state index contributed by atoms with van der Waals surface area (Å²) in [4.78, 5) is 2.53. The van der Waals surface area contributed by atoms with Gasteiger partial charge >= 0.3 is 0 Å². The van der Waals surface area contributed by atoms with Crippen LogP contribution >= 0.6 is 0 Å². The first-order valence-corrected chi connectivity index (χ1v) is 6.25. The summed E-state index contributed by atoms with van der Waals surface area (Å²) in [6.07, 6.45) is 6.65.